The van der Waals surface area contributed by atoms with Gasteiger partial charge in [-0.05, 0) is 39.0 Å². The van der Waals surface area contributed by atoms with Crippen LogP contribution in [0.2, 0.25) is 0 Å². The van der Waals surface area contributed by atoms with Gasteiger partial charge in [0.25, 0.3) is 0 Å². The summed E-state index contributed by atoms with van der Waals surface area (Å²) >= 11 is 0. The van der Waals surface area contributed by atoms with Crippen molar-refractivity contribution in [2.24, 2.45) is 0 Å². The second-order valence-corrected chi connectivity index (χ2v) is 5.37. The molecule has 1 aliphatic carbocycles. The highest BCUT2D eigenvalue weighted by molar-refractivity contribution is 5.80. The Balaban J connectivity index is 2.23. The molecule has 1 fully saturated rings. The van der Waals surface area contributed by atoms with Crippen molar-refractivity contribution in [2.75, 3.05) is 20.3 Å². The molecular weight excluding hydrogens is 275 g/mol. The van der Waals surface area contributed by atoms with Gasteiger partial charge in [-0.1, -0.05) is 0 Å². The van der Waals surface area contributed by atoms with E-state index >= 15 is 0 Å². The third kappa shape index (κ3) is 6.56. The molecule has 20 heavy (non-hydrogen) atoms. The summed E-state index contributed by atoms with van der Waals surface area (Å²) in [6, 6.07) is 0.348. The SMILES string of the molecule is COC(=O)C(C)(CCCCOCC(F)(F)F)NC1CC1. The number of halogens is 3. The Labute approximate surface area is 117 Å². The molecule has 118 valence electrons. The Morgan fingerprint density at radius 1 is 1.30 bits per heavy atom. The standard InChI is InChI=1S/C13H22F3NO3/c1-12(11(18)19-2,17-10-5-6-10)7-3-4-8-20-9-13(14,15)16/h10,17H,3-9H2,1-2H3. The summed E-state index contributed by atoms with van der Waals surface area (Å²) in [6.45, 7) is 0.593. The van der Waals surface area contributed by atoms with E-state index in [1.165, 1.54) is 7.11 Å². The number of alkyl halides is 3. The monoisotopic (exact) mass is 297 g/mol. The first kappa shape index (κ1) is 17.2. The van der Waals surface area contributed by atoms with Crippen LogP contribution in [0.3, 0.4) is 0 Å². The summed E-state index contributed by atoms with van der Waals surface area (Å²) < 4.78 is 44.9. The molecule has 1 saturated carbocycles. The van der Waals surface area contributed by atoms with Gasteiger partial charge in [-0.3, -0.25) is 10.1 Å². The predicted octanol–water partition coefficient (Wildman–Crippen LogP) is 2.42. The number of hydrogen-bond donors (Lipinski definition) is 1. The van der Waals surface area contributed by atoms with Gasteiger partial charge in [0, 0.05) is 12.6 Å². The maximum absolute atomic E-state index is 11.9. The molecule has 0 spiro atoms. The highest BCUT2D eigenvalue weighted by Crippen LogP contribution is 2.26. The molecule has 1 atom stereocenters. The lowest BCUT2D eigenvalue weighted by Gasteiger charge is -2.28. The molecule has 0 aromatic carbocycles. The van der Waals surface area contributed by atoms with E-state index in [1.807, 2.05) is 0 Å². The summed E-state index contributed by atoms with van der Waals surface area (Å²) in [7, 11) is 1.33. The molecule has 0 heterocycles. The van der Waals surface area contributed by atoms with Crippen LogP contribution < -0.4 is 5.32 Å². The molecule has 1 N–H and O–H groups in total. The van der Waals surface area contributed by atoms with Crippen molar-refractivity contribution in [3.05, 3.63) is 0 Å². The molecule has 0 saturated heterocycles. The van der Waals surface area contributed by atoms with Crippen LogP contribution in [0.15, 0.2) is 0 Å². The van der Waals surface area contributed by atoms with E-state index < -0.39 is 18.3 Å². The molecular formula is C13H22F3NO3. The minimum Gasteiger partial charge on any atom is -0.468 e. The zero-order valence-corrected chi connectivity index (χ0v) is 11.9. The van der Waals surface area contributed by atoms with Gasteiger partial charge in [-0.15, -0.1) is 0 Å². The normalized spacial score (nSPS) is 18.6. The fourth-order valence-corrected chi connectivity index (χ4v) is 2.01. The van der Waals surface area contributed by atoms with Gasteiger partial charge in [0.2, 0.25) is 0 Å². The Kier molecular flexibility index (Phi) is 6.26. The van der Waals surface area contributed by atoms with Crippen molar-refractivity contribution in [1.29, 1.82) is 0 Å². The number of hydrogen-bond acceptors (Lipinski definition) is 4. The lowest BCUT2D eigenvalue weighted by molar-refractivity contribution is -0.174. The first-order valence-electron chi connectivity index (χ1n) is 6.77. The van der Waals surface area contributed by atoms with Gasteiger partial charge in [0.15, 0.2) is 0 Å². The van der Waals surface area contributed by atoms with Crippen LogP contribution in [0, 0.1) is 0 Å². The first-order chi connectivity index (χ1) is 9.27. The molecule has 1 aliphatic rings. The summed E-state index contributed by atoms with van der Waals surface area (Å²) in [5.41, 5.74) is -0.764. The number of carbonyl (C=O) groups excluding carboxylic acids is 1. The molecule has 0 bridgehead atoms. The number of carbonyl (C=O) groups is 1. The predicted molar refractivity (Wildman–Crippen MR) is 67.3 cm³/mol. The van der Waals surface area contributed by atoms with Crippen molar-refractivity contribution < 1.29 is 27.4 Å². The van der Waals surface area contributed by atoms with Crippen LogP contribution in [0.1, 0.15) is 39.0 Å². The van der Waals surface area contributed by atoms with Crippen LogP contribution >= 0.6 is 0 Å². The highest BCUT2D eigenvalue weighted by Gasteiger charge is 2.38. The first-order valence-corrected chi connectivity index (χ1v) is 6.77. The van der Waals surface area contributed by atoms with E-state index in [1.54, 1.807) is 6.92 Å². The summed E-state index contributed by atoms with van der Waals surface area (Å²) in [5.74, 6) is -0.333. The zero-order chi connectivity index (χ0) is 15.2. The fourth-order valence-electron chi connectivity index (χ4n) is 2.01. The quantitative estimate of drug-likeness (QED) is 0.524. The molecule has 0 aromatic heterocycles. The van der Waals surface area contributed by atoms with E-state index in [2.05, 4.69) is 10.1 Å². The van der Waals surface area contributed by atoms with Crippen molar-refractivity contribution in [2.45, 2.75) is 56.8 Å². The molecule has 1 unspecified atom stereocenters. The number of nitrogens with one attached hydrogen (secondary N) is 1. The minimum absolute atomic E-state index is 0.0419. The minimum atomic E-state index is -4.28. The van der Waals surface area contributed by atoms with Crippen molar-refractivity contribution in [3.8, 4) is 0 Å². The average molecular weight is 297 g/mol. The van der Waals surface area contributed by atoms with Gasteiger partial charge >= 0.3 is 12.1 Å². The van der Waals surface area contributed by atoms with Crippen molar-refractivity contribution in [1.82, 2.24) is 5.32 Å². The highest BCUT2D eigenvalue weighted by atomic mass is 19.4. The van der Waals surface area contributed by atoms with Gasteiger partial charge in [-0.25, -0.2) is 0 Å². The smallest absolute Gasteiger partial charge is 0.411 e. The van der Waals surface area contributed by atoms with E-state index in [0.29, 0.717) is 25.3 Å². The third-order valence-corrected chi connectivity index (χ3v) is 3.22. The van der Waals surface area contributed by atoms with E-state index in [4.69, 9.17) is 4.74 Å². The number of unbranched alkanes of at least 4 members (excludes halogenated alkanes) is 1. The Morgan fingerprint density at radius 3 is 2.45 bits per heavy atom. The van der Waals surface area contributed by atoms with E-state index in [9.17, 15) is 18.0 Å². The molecule has 1 rings (SSSR count). The van der Waals surface area contributed by atoms with E-state index in [-0.39, 0.29) is 12.6 Å². The number of esters is 1. The van der Waals surface area contributed by atoms with Gasteiger partial charge in [-0.2, -0.15) is 13.2 Å². The van der Waals surface area contributed by atoms with Crippen molar-refractivity contribution in [3.63, 3.8) is 0 Å². The lowest BCUT2D eigenvalue weighted by atomic mass is 9.94. The summed E-state index contributed by atoms with van der Waals surface area (Å²) in [6.07, 6.45) is -0.597. The number of methoxy groups -OCH3 is 1. The Hall–Kier alpha value is -0.820. The summed E-state index contributed by atoms with van der Waals surface area (Å²) in [4.78, 5) is 11.8. The second kappa shape index (κ2) is 7.26. The van der Waals surface area contributed by atoms with Crippen LogP contribution in [-0.2, 0) is 14.3 Å². The third-order valence-electron chi connectivity index (χ3n) is 3.22. The number of rotatable bonds is 9. The van der Waals surface area contributed by atoms with E-state index in [0.717, 1.165) is 12.8 Å². The second-order valence-electron chi connectivity index (χ2n) is 5.37. The van der Waals surface area contributed by atoms with Gasteiger partial charge in [0.05, 0.1) is 7.11 Å². The average Bonchev–Trinajstić information content (AvgIpc) is 3.15. The maximum Gasteiger partial charge on any atom is 0.411 e. The van der Waals surface area contributed by atoms with Gasteiger partial charge < -0.3 is 9.47 Å². The lowest BCUT2D eigenvalue weighted by Crippen LogP contribution is -2.51. The van der Waals surface area contributed by atoms with Crippen LogP contribution in [0.5, 0.6) is 0 Å². The molecule has 0 amide bonds. The summed E-state index contributed by atoms with van der Waals surface area (Å²) in [5, 5.41) is 3.24. The largest absolute Gasteiger partial charge is 0.468 e. The zero-order valence-electron chi connectivity index (χ0n) is 11.9. The van der Waals surface area contributed by atoms with Crippen LogP contribution in [0.4, 0.5) is 13.2 Å². The van der Waals surface area contributed by atoms with Crippen LogP contribution in [0.25, 0.3) is 0 Å². The molecule has 0 aromatic rings. The molecule has 0 radical (unpaired) electrons. The van der Waals surface area contributed by atoms with Crippen molar-refractivity contribution >= 4 is 5.97 Å². The van der Waals surface area contributed by atoms with Crippen LogP contribution in [-0.4, -0.2) is 44.0 Å². The number of ether oxygens (including phenoxy) is 2. The van der Waals surface area contributed by atoms with Gasteiger partial charge in [0.1, 0.15) is 12.1 Å². The molecule has 7 heteroatoms. The molecule has 0 aliphatic heterocycles. The topological polar surface area (TPSA) is 47.6 Å². The Bertz CT molecular complexity index is 318. The fraction of sp³-hybridized carbons (Fsp3) is 0.923. The maximum atomic E-state index is 11.9. The molecule has 4 nitrogen and oxygen atoms in total. The Morgan fingerprint density at radius 2 is 1.95 bits per heavy atom.